The first-order chi connectivity index (χ1) is 17.4. The topological polar surface area (TPSA) is 58.9 Å². The average Bonchev–Trinajstić information content (AvgIpc) is 3.26. The molecule has 36 heavy (non-hydrogen) atoms. The quantitative estimate of drug-likeness (QED) is 0.359. The number of hydrogen-bond donors (Lipinski definition) is 1. The van der Waals surface area contributed by atoms with Gasteiger partial charge in [-0.15, -0.1) is 11.3 Å². The monoisotopic (exact) mass is 546 g/mol. The molecular formula is C27H32Cl2N4O2S. The number of piperidine rings is 1. The molecule has 1 fully saturated rings. The number of likely N-dealkylation sites (tertiary alicyclic amines) is 1. The van der Waals surface area contributed by atoms with Crippen LogP contribution in [0.5, 0.6) is 5.75 Å². The van der Waals surface area contributed by atoms with Crippen molar-refractivity contribution in [2.24, 2.45) is 12.0 Å². The SMILES string of the molecule is CN=c1scc(-c2ccc(OCCCC(=O)NC3CCN(Cc4ccc(Cl)c(Cl)c4)CC3)cc2)n1C. The highest BCUT2D eigenvalue weighted by molar-refractivity contribution is 7.07. The van der Waals surface area contributed by atoms with Crippen LogP contribution in [0.3, 0.4) is 0 Å². The minimum atomic E-state index is 0.0963. The fourth-order valence-corrected chi connectivity index (χ4v) is 5.60. The number of rotatable bonds is 9. The van der Waals surface area contributed by atoms with Gasteiger partial charge >= 0.3 is 0 Å². The van der Waals surface area contributed by atoms with Gasteiger partial charge in [-0.1, -0.05) is 29.3 Å². The highest BCUT2D eigenvalue weighted by atomic mass is 35.5. The summed E-state index contributed by atoms with van der Waals surface area (Å²) in [5.41, 5.74) is 3.41. The predicted molar refractivity (Wildman–Crippen MR) is 148 cm³/mol. The van der Waals surface area contributed by atoms with Gasteiger partial charge in [0.05, 0.1) is 22.3 Å². The summed E-state index contributed by atoms with van der Waals surface area (Å²) in [5.74, 6) is 0.908. The summed E-state index contributed by atoms with van der Waals surface area (Å²) in [6.07, 6.45) is 3.05. The van der Waals surface area contributed by atoms with E-state index >= 15 is 0 Å². The van der Waals surface area contributed by atoms with Gasteiger partial charge in [-0.3, -0.25) is 14.7 Å². The summed E-state index contributed by atoms with van der Waals surface area (Å²) in [6.45, 7) is 3.25. The Morgan fingerprint density at radius 3 is 2.56 bits per heavy atom. The summed E-state index contributed by atoms with van der Waals surface area (Å²) >= 11 is 13.8. The second kappa shape index (κ2) is 12.8. The van der Waals surface area contributed by atoms with E-state index in [4.69, 9.17) is 27.9 Å². The van der Waals surface area contributed by atoms with Crippen LogP contribution < -0.4 is 14.9 Å². The molecule has 1 N–H and O–H groups in total. The molecule has 0 spiro atoms. The zero-order valence-electron chi connectivity index (χ0n) is 20.7. The fraction of sp³-hybridized carbons (Fsp3) is 0.407. The van der Waals surface area contributed by atoms with Crippen LogP contribution in [0.1, 0.15) is 31.2 Å². The third kappa shape index (κ3) is 7.13. The number of nitrogens with one attached hydrogen (secondary N) is 1. The van der Waals surface area contributed by atoms with Gasteiger partial charge in [0, 0.05) is 51.6 Å². The van der Waals surface area contributed by atoms with Crippen LogP contribution in [0.2, 0.25) is 10.0 Å². The van der Waals surface area contributed by atoms with Crippen LogP contribution in [-0.2, 0) is 18.4 Å². The zero-order valence-corrected chi connectivity index (χ0v) is 23.0. The lowest BCUT2D eigenvalue weighted by Crippen LogP contribution is -2.44. The molecule has 4 rings (SSSR count). The second-order valence-electron chi connectivity index (χ2n) is 9.03. The van der Waals surface area contributed by atoms with E-state index in [2.05, 4.69) is 37.3 Å². The second-order valence-corrected chi connectivity index (χ2v) is 10.7. The molecule has 0 radical (unpaired) electrons. The predicted octanol–water partition coefficient (Wildman–Crippen LogP) is 5.53. The maximum Gasteiger partial charge on any atom is 0.220 e. The molecule has 1 aliphatic heterocycles. The number of halogens is 2. The molecule has 3 aromatic rings. The van der Waals surface area contributed by atoms with E-state index in [1.807, 2.05) is 37.4 Å². The molecule has 1 aliphatic rings. The van der Waals surface area contributed by atoms with Crippen molar-refractivity contribution < 1.29 is 9.53 Å². The third-order valence-corrected chi connectivity index (χ3v) is 8.17. The van der Waals surface area contributed by atoms with E-state index in [-0.39, 0.29) is 11.9 Å². The van der Waals surface area contributed by atoms with Crippen LogP contribution in [0.4, 0.5) is 0 Å². The van der Waals surface area contributed by atoms with Crippen molar-refractivity contribution >= 4 is 40.4 Å². The number of nitrogens with zero attached hydrogens (tertiary/aromatic N) is 3. The van der Waals surface area contributed by atoms with Gasteiger partial charge in [0.25, 0.3) is 0 Å². The van der Waals surface area contributed by atoms with Crippen molar-refractivity contribution in [1.29, 1.82) is 0 Å². The molecule has 9 heteroatoms. The maximum absolute atomic E-state index is 12.4. The number of aromatic nitrogens is 1. The summed E-state index contributed by atoms with van der Waals surface area (Å²) in [7, 11) is 3.82. The van der Waals surface area contributed by atoms with Gasteiger partial charge < -0.3 is 14.6 Å². The van der Waals surface area contributed by atoms with Crippen molar-refractivity contribution in [1.82, 2.24) is 14.8 Å². The summed E-state index contributed by atoms with van der Waals surface area (Å²) in [5, 5.41) is 6.46. The Balaban J connectivity index is 1.13. The normalized spacial score (nSPS) is 15.3. The highest BCUT2D eigenvalue weighted by Crippen LogP contribution is 2.24. The van der Waals surface area contributed by atoms with Gasteiger partial charge in [-0.25, -0.2) is 0 Å². The molecule has 2 aromatic carbocycles. The Morgan fingerprint density at radius 2 is 1.89 bits per heavy atom. The molecule has 1 saturated heterocycles. The molecule has 0 bridgehead atoms. The zero-order chi connectivity index (χ0) is 25.5. The summed E-state index contributed by atoms with van der Waals surface area (Å²) < 4.78 is 7.94. The standard InChI is InChI=1S/C27H32Cl2N4O2S/c1-30-27-32(2)25(18-36-27)20-6-8-22(9-7-20)35-15-3-4-26(34)31-21-11-13-33(14-12-21)17-19-5-10-23(28)24(29)16-19/h5-10,16,18,21H,3-4,11-15,17H2,1-2H3,(H,31,34). The number of benzene rings is 2. The van der Waals surface area contributed by atoms with Gasteiger partial charge in [0.15, 0.2) is 4.80 Å². The Bertz CT molecular complexity index is 1230. The number of ether oxygens (including phenoxy) is 1. The highest BCUT2D eigenvalue weighted by Gasteiger charge is 2.20. The first-order valence-electron chi connectivity index (χ1n) is 12.2. The van der Waals surface area contributed by atoms with Crippen LogP contribution in [0.15, 0.2) is 52.8 Å². The summed E-state index contributed by atoms with van der Waals surface area (Å²) in [4.78, 5) is 20.1. The number of amides is 1. The Morgan fingerprint density at radius 1 is 1.14 bits per heavy atom. The minimum Gasteiger partial charge on any atom is -0.494 e. The van der Waals surface area contributed by atoms with E-state index in [0.29, 0.717) is 29.5 Å². The van der Waals surface area contributed by atoms with Crippen LogP contribution in [0, 0.1) is 0 Å². The third-order valence-electron chi connectivity index (χ3n) is 6.43. The minimum absolute atomic E-state index is 0.0963. The van der Waals surface area contributed by atoms with E-state index in [1.54, 1.807) is 18.4 Å². The van der Waals surface area contributed by atoms with E-state index < -0.39 is 0 Å². The molecular weight excluding hydrogens is 515 g/mol. The molecule has 2 heterocycles. The Kier molecular flexibility index (Phi) is 9.48. The van der Waals surface area contributed by atoms with Crippen molar-refractivity contribution in [2.45, 2.75) is 38.3 Å². The molecule has 0 aliphatic carbocycles. The first-order valence-corrected chi connectivity index (χ1v) is 13.8. The average molecular weight is 548 g/mol. The van der Waals surface area contributed by atoms with Crippen molar-refractivity contribution in [3.8, 4) is 17.0 Å². The van der Waals surface area contributed by atoms with E-state index in [1.165, 1.54) is 0 Å². The van der Waals surface area contributed by atoms with E-state index in [0.717, 1.165) is 59.8 Å². The Labute approximate surface area is 226 Å². The Hall–Kier alpha value is -2.32. The lowest BCUT2D eigenvalue weighted by molar-refractivity contribution is -0.122. The smallest absolute Gasteiger partial charge is 0.220 e. The van der Waals surface area contributed by atoms with Crippen LogP contribution in [0.25, 0.3) is 11.3 Å². The number of thiazole rings is 1. The molecule has 0 atom stereocenters. The molecule has 6 nitrogen and oxygen atoms in total. The number of carbonyl (C=O) groups excluding carboxylic acids is 1. The van der Waals surface area contributed by atoms with Crippen LogP contribution >= 0.6 is 34.5 Å². The lowest BCUT2D eigenvalue weighted by Gasteiger charge is -2.32. The number of hydrogen-bond acceptors (Lipinski definition) is 5. The van der Waals surface area contributed by atoms with Crippen molar-refractivity contribution in [3.63, 3.8) is 0 Å². The van der Waals surface area contributed by atoms with Gasteiger partial charge in [-0.2, -0.15) is 0 Å². The van der Waals surface area contributed by atoms with E-state index in [9.17, 15) is 4.79 Å². The molecule has 1 aromatic heterocycles. The largest absolute Gasteiger partial charge is 0.494 e. The molecule has 1 amide bonds. The first kappa shape index (κ1) is 26.7. The lowest BCUT2D eigenvalue weighted by atomic mass is 10.0. The van der Waals surface area contributed by atoms with Crippen molar-refractivity contribution in [3.05, 3.63) is 68.3 Å². The van der Waals surface area contributed by atoms with Gasteiger partial charge in [-0.05, 0) is 66.8 Å². The molecule has 0 unspecified atom stereocenters. The summed E-state index contributed by atoms with van der Waals surface area (Å²) in [6, 6.07) is 14.1. The maximum atomic E-state index is 12.4. The fourth-order valence-electron chi connectivity index (χ4n) is 4.41. The van der Waals surface area contributed by atoms with Crippen LogP contribution in [-0.4, -0.2) is 48.2 Å². The van der Waals surface area contributed by atoms with Gasteiger partial charge in [0.2, 0.25) is 5.91 Å². The molecule has 0 saturated carbocycles. The van der Waals surface area contributed by atoms with Crippen molar-refractivity contribution in [2.75, 3.05) is 26.7 Å². The molecule has 192 valence electrons. The van der Waals surface area contributed by atoms with Gasteiger partial charge in [0.1, 0.15) is 5.75 Å². The number of carbonyl (C=O) groups is 1.